The molecular formula is C82H160O17P2. The molecule has 19 heteroatoms. The van der Waals surface area contributed by atoms with E-state index in [2.05, 4.69) is 48.5 Å². The van der Waals surface area contributed by atoms with Crippen LogP contribution in [0.1, 0.15) is 427 Å². The Balaban J connectivity index is 5.24. The maximum absolute atomic E-state index is 13.1. The number of hydrogen-bond donors (Lipinski definition) is 3. The summed E-state index contributed by atoms with van der Waals surface area (Å²) in [6.45, 7) is 12.0. The van der Waals surface area contributed by atoms with E-state index in [-0.39, 0.29) is 25.7 Å². The number of carbonyl (C=O) groups excluding carboxylic acids is 4. The molecule has 0 fully saturated rings. The van der Waals surface area contributed by atoms with Crippen LogP contribution in [0.15, 0.2) is 0 Å². The number of carbonyl (C=O) groups is 4. The Hall–Kier alpha value is -1.94. The minimum atomic E-state index is -4.96. The van der Waals surface area contributed by atoms with Gasteiger partial charge < -0.3 is 33.8 Å². The highest BCUT2D eigenvalue weighted by atomic mass is 31.2. The second-order valence-electron chi connectivity index (χ2n) is 30.9. The van der Waals surface area contributed by atoms with E-state index in [0.717, 1.165) is 108 Å². The van der Waals surface area contributed by atoms with Crippen molar-refractivity contribution in [2.24, 2.45) is 17.8 Å². The standard InChI is InChI=1S/C82H160O17P2/c1-8-9-10-11-12-13-35-42-49-56-63-79(84)92-69-77(98-81(86)65-58-51-44-37-30-24-18-15-21-27-33-40-47-54-61-74(4)5)71-96-100(88,89)94-67-76(83)68-95-101(90,91)97-72-78(99-82(87)66-59-52-45-38-31-25-19-16-22-28-34-41-48-55-62-75(6)7)70-93-80(85)64-57-50-43-36-29-23-17-14-20-26-32-39-46-53-60-73(2)3/h73-78,83H,8-72H2,1-7H3,(H,88,89)(H,90,91)/t76-,77+,78+/m0/s1. The molecule has 0 spiro atoms. The summed E-state index contributed by atoms with van der Waals surface area (Å²) in [7, 11) is -9.92. The smallest absolute Gasteiger partial charge is 0.462 e. The molecule has 600 valence electrons. The predicted molar refractivity (Wildman–Crippen MR) is 414 cm³/mol. The molecule has 0 bridgehead atoms. The number of ether oxygens (including phenoxy) is 4. The van der Waals surface area contributed by atoms with Crippen LogP contribution in [0.4, 0.5) is 0 Å². The Labute approximate surface area is 619 Å². The maximum atomic E-state index is 13.1. The van der Waals surface area contributed by atoms with Gasteiger partial charge in [-0.25, -0.2) is 9.13 Å². The van der Waals surface area contributed by atoms with Crippen LogP contribution in [0.5, 0.6) is 0 Å². The molecular weight excluding hydrogens is 1320 g/mol. The lowest BCUT2D eigenvalue weighted by Gasteiger charge is -2.21. The molecule has 0 saturated heterocycles. The SMILES string of the molecule is CCCCCCCCCCCCC(=O)OC[C@H](COP(=O)(O)OC[C@H](O)COP(=O)(O)OC[C@@H](COC(=O)CCCCCCCCCCCCCCCCC(C)C)OC(=O)CCCCCCCCCCCCCCCCC(C)C)OC(=O)CCCCCCCCCCCCCCCCC(C)C. The van der Waals surface area contributed by atoms with Crippen molar-refractivity contribution in [2.45, 2.75) is 446 Å². The topological polar surface area (TPSA) is 237 Å². The van der Waals surface area contributed by atoms with Crippen molar-refractivity contribution in [3.8, 4) is 0 Å². The quantitative estimate of drug-likeness (QED) is 0.0222. The summed E-state index contributed by atoms with van der Waals surface area (Å²) in [5.74, 6) is 0.281. The van der Waals surface area contributed by atoms with Crippen molar-refractivity contribution in [2.75, 3.05) is 39.6 Å². The predicted octanol–water partition coefficient (Wildman–Crippen LogP) is 24.5. The molecule has 5 atom stereocenters. The zero-order chi connectivity index (χ0) is 74.4. The van der Waals surface area contributed by atoms with Crippen LogP contribution in [-0.2, 0) is 65.4 Å². The van der Waals surface area contributed by atoms with E-state index in [4.69, 9.17) is 37.0 Å². The molecule has 0 aliphatic heterocycles. The number of aliphatic hydroxyl groups is 1. The summed E-state index contributed by atoms with van der Waals surface area (Å²) in [4.78, 5) is 73.1. The van der Waals surface area contributed by atoms with Gasteiger partial charge in [0.25, 0.3) is 0 Å². The van der Waals surface area contributed by atoms with Crippen LogP contribution in [0.2, 0.25) is 0 Å². The summed E-state index contributed by atoms with van der Waals surface area (Å²) in [6.07, 6.45) is 60.9. The van der Waals surface area contributed by atoms with E-state index in [0.29, 0.717) is 25.7 Å². The van der Waals surface area contributed by atoms with Gasteiger partial charge in [-0.05, 0) is 43.4 Å². The molecule has 0 aromatic heterocycles. The van der Waals surface area contributed by atoms with Crippen LogP contribution >= 0.6 is 15.6 Å². The summed E-state index contributed by atoms with van der Waals surface area (Å²) < 4.78 is 68.8. The minimum absolute atomic E-state index is 0.108. The first kappa shape index (κ1) is 99.1. The number of esters is 4. The first-order valence-electron chi connectivity index (χ1n) is 42.3. The lowest BCUT2D eigenvalue weighted by Crippen LogP contribution is -2.30. The third-order valence-corrected chi connectivity index (χ3v) is 21.0. The van der Waals surface area contributed by atoms with Gasteiger partial charge in [0, 0.05) is 25.7 Å². The first-order chi connectivity index (χ1) is 48.7. The molecule has 0 amide bonds. The lowest BCUT2D eigenvalue weighted by atomic mass is 10.0. The molecule has 3 N–H and O–H groups in total. The molecule has 0 aliphatic carbocycles. The number of hydrogen-bond acceptors (Lipinski definition) is 15. The Morgan fingerprint density at radius 3 is 0.673 bits per heavy atom. The molecule has 0 radical (unpaired) electrons. The fourth-order valence-corrected chi connectivity index (χ4v) is 14.2. The van der Waals surface area contributed by atoms with E-state index < -0.39 is 97.5 Å². The molecule has 0 aromatic rings. The van der Waals surface area contributed by atoms with Crippen molar-refractivity contribution in [3.63, 3.8) is 0 Å². The monoisotopic (exact) mass is 1480 g/mol. The molecule has 2 unspecified atom stereocenters. The third kappa shape index (κ3) is 76.1. The molecule has 0 aliphatic rings. The largest absolute Gasteiger partial charge is 0.472 e. The lowest BCUT2D eigenvalue weighted by molar-refractivity contribution is -0.161. The Morgan fingerprint density at radius 1 is 0.267 bits per heavy atom. The summed E-state index contributed by atoms with van der Waals surface area (Å²) in [6, 6.07) is 0. The van der Waals surface area contributed by atoms with Crippen molar-refractivity contribution in [1.82, 2.24) is 0 Å². The molecule has 0 saturated carbocycles. The zero-order valence-corrected chi connectivity index (χ0v) is 68.2. The number of phosphoric acid groups is 2. The minimum Gasteiger partial charge on any atom is -0.462 e. The van der Waals surface area contributed by atoms with Gasteiger partial charge in [-0.15, -0.1) is 0 Å². The normalized spacial score (nSPS) is 14.0. The van der Waals surface area contributed by atoms with Gasteiger partial charge in [0.15, 0.2) is 12.2 Å². The van der Waals surface area contributed by atoms with Gasteiger partial charge >= 0.3 is 39.5 Å². The number of phosphoric ester groups is 2. The summed E-state index contributed by atoms with van der Waals surface area (Å²) in [5, 5.41) is 10.6. The van der Waals surface area contributed by atoms with Crippen molar-refractivity contribution in [1.29, 1.82) is 0 Å². The van der Waals surface area contributed by atoms with Gasteiger partial charge in [-0.2, -0.15) is 0 Å². The van der Waals surface area contributed by atoms with Crippen LogP contribution in [0, 0.1) is 17.8 Å². The number of rotatable bonds is 80. The van der Waals surface area contributed by atoms with Crippen molar-refractivity contribution < 1.29 is 80.2 Å². The second kappa shape index (κ2) is 72.3. The second-order valence-corrected chi connectivity index (χ2v) is 33.8. The molecule has 0 heterocycles. The van der Waals surface area contributed by atoms with Crippen molar-refractivity contribution in [3.05, 3.63) is 0 Å². The van der Waals surface area contributed by atoms with E-state index >= 15 is 0 Å². The zero-order valence-electron chi connectivity index (χ0n) is 66.4. The molecule has 17 nitrogen and oxygen atoms in total. The van der Waals surface area contributed by atoms with Gasteiger partial charge in [-0.3, -0.25) is 37.3 Å². The highest BCUT2D eigenvalue weighted by molar-refractivity contribution is 7.47. The fraction of sp³-hybridized carbons (Fsp3) is 0.951. The van der Waals surface area contributed by atoms with Gasteiger partial charge in [0.1, 0.15) is 19.3 Å². The van der Waals surface area contributed by atoms with Crippen molar-refractivity contribution >= 4 is 39.5 Å². The Bertz CT molecular complexity index is 1960. The summed E-state index contributed by atoms with van der Waals surface area (Å²) >= 11 is 0. The number of unbranched alkanes of at least 4 members (excludes halogenated alkanes) is 48. The van der Waals surface area contributed by atoms with E-state index in [9.17, 15) is 43.2 Å². The summed E-state index contributed by atoms with van der Waals surface area (Å²) in [5.41, 5.74) is 0. The maximum Gasteiger partial charge on any atom is 0.472 e. The number of aliphatic hydroxyl groups excluding tert-OH is 1. The van der Waals surface area contributed by atoms with E-state index in [1.54, 1.807) is 0 Å². The molecule has 0 rings (SSSR count). The van der Waals surface area contributed by atoms with Gasteiger partial charge in [-0.1, -0.05) is 376 Å². The van der Waals surface area contributed by atoms with E-state index in [1.807, 2.05) is 0 Å². The molecule has 101 heavy (non-hydrogen) atoms. The fourth-order valence-electron chi connectivity index (χ4n) is 12.7. The van der Waals surface area contributed by atoms with Gasteiger partial charge in [0.2, 0.25) is 0 Å². The Morgan fingerprint density at radius 2 is 0.455 bits per heavy atom. The van der Waals surface area contributed by atoms with Crippen LogP contribution in [-0.4, -0.2) is 96.7 Å². The van der Waals surface area contributed by atoms with E-state index in [1.165, 1.54) is 238 Å². The van der Waals surface area contributed by atoms with Gasteiger partial charge in [0.05, 0.1) is 26.4 Å². The molecule has 0 aromatic carbocycles. The van der Waals surface area contributed by atoms with Crippen LogP contribution in [0.25, 0.3) is 0 Å². The first-order valence-corrected chi connectivity index (χ1v) is 45.3. The highest BCUT2D eigenvalue weighted by Gasteiger charge is 2.30. The highest BCUT2D eigenvalue weighted by Crippen LogP contribution is 2.45. The third-order valence-electron chi connectivity index (χ3n) is 19.1. The van der Waals surface area contributed by atoms with Crippen LogP contribution in [0.3, 0.4) is 0 Å². The van der Waals surface area contributed by atoms with Crippen LogP contribution < -0.4 is 0 Å². The average Bonchev–Trinajstić information content (AvgIpc) is 0.976. The average molecular weight is 1480 g/mol. The Kier molecular flexibility index (Phi) is 70.9.